The van der Waals surface area contributed by atoms with E-state index in [1.54, 1.807) is 0 Å². The molecule has 4 nitrogen and oxygen atoms in total. The van der Waals surface area contributed by atoms with Crippen LogP contribution in [-0.2, 0) is 9.59 Å². The van der Waals surface area contributed by atoms with Gasteiger partial charge in [-0.15, -0.1) is 0 Å². The average Bonchev–Trinajstić information content (AvgIpc) is 2.18. The predicted octanol–water partition coefficient (Wildman–Crippen LogP) is 1.08. The number of amides is 1. The lowest BCUT2D eigenvalue weighted by Gasteiger charge is -2.03. The largest absolute Gasteiger partial charge is 0.323 e. The fourth-order valence-corrected chi connectivity index (χ4v) is 0.595. The molecule has 0 unspecified atom stereocenters. The molecule has 0 radical (unpaired) electrons. The second-order valence-electron chi connectivity index (χ2n) is 2.64. The Morgan fingerprint density at radius 2 is 1.94 bits per heavy atom. The van der Waals surface area contributed by atoms with Gasteiger partial charge < -0.3 is 15.4 Å². The molecule has 0 aliphatic heterocycles. The van der Waals surface area contributed by atoms with Gasteiger partial charge in [-0.1, -0.05) is 19.2 Å². The van der Waals surface area contributed by atoms with Crippen molar-refractivity contribution in [2.24, 2.45) is 0 Å². The smallest absolute Gasteiger partial charge is 0.231 e. The van der Waals surface area contributed by atoms with Gasteiger partial charge in [0, 0.05) is 0 Å². The van der Waals surface area contributed by atoms with Crippen LogP contribution in [0.1, 0.15) is 6.42 Å². The van der Waals surface area contributed by atoms with Crippen LogP contribution in [0.2, 0.25) is 0 Å². The van der Waals surface area contributed by atoms with Crippen molar-refractivity contribution in [1.82, 2.24) is 10.6 Å². The number of allylic oxidation sites excluding steroid dienone is 3. The first-order valence-electron chi connectivity index (χ1n) is 4.52. The second kappa shape index (κ2) is 11.3. The Balaban J connectivity index is 0. The third-order valence-corrected chi connectivity index (χ3v) is 1.12. The van der Waals surface area contributed by atoms with E-state index in [-0.39, 0.29) is 12.1 Å². The summed E-state index contributed by atoms with van der Waals surface area (Å²) in [5.41, 5.74) is -0.0816. The molecule has 0 rings (SSSR count). The number of hydrogen-bond donors (Lipinski definition) is 2. The van der Waals surface area contributed by atoms with Crippen molar-refractivity contribution in [3.63, 3.8) is 0 Å². The summed E-state index contributed by atoms with van der Waals surface area (Å²) in [6.45, 7) is 6.33. The molecule has 0 aliphatic carbocycles. The lowest BCUT2D eigenvalue weighted by molar-refractivity contribution is -0.123. The van der Waals surface area contributed by atoms with Crippen LogP contribution in [0.4, 0.5) is 4.39 Å². The van der Waals surface area contributed by atoms with Crippen LogP contribution in [0.15, 0.2) is 36.8 Å². The minimum atomic E-state index is -0.779. The molecule has 90 valence electrons. The molecule has 0 atom stereocenters. The van der Waals surface area contributed by atoms with E-state index in [0.29, 0.717) is 6.29 Å². The molecule has 0 spiro atoms. The predicted molar refractivity (Wildman–Crippen MR) is 62.3 cm³/mol. The van der Waals surface area contributed by atoms with Gasteiger partial charge in [0.1, 0.15) is 12.1 Å². The van der Waals surface area contributed by atoms with Crippen LogP contribution in [0.25, 0.3) is 0 Å². The van der Waals surface area contributed by atoms with E-state index in [9.17, 15) is 14.0 Å². The third kappa shape index (κ3) is 10.3. The highest BCUT2D eigenvalue weighted by Gasteiger charge is 2.05. The maximum atomic E-state index is 12.5. The second-order valence-corrected chi connectivity index (χ2v) is 2.64. The maximum absolute atomic E-state index is 12.5. The summed E-state index contributed by atoms with van der Waals surface area (Å²) < 4.78 is 12.5. The van der Waals surface area contributed by atoms with E-state index < -0.39 is 11.7 Å². The van der Waals surface area contributed by atoms with Crippen molar-refractivity contribution in [1.29, 1.82) is 0 Å². The van der Waals surface area contributed by atoms with Gasteiger partial charge in [-0.2, -0.15) is 0 Å². The zero-order valence-corrected chi connectivity index (χ0v) is 9.55. The van der Waals surface area contributed by atoms with Crippen molar-refractivity contribution in [2.75, 3.05) is 14.1 Å². The summed E-state index contributed by atoms with van der Waals surface area (Å²) in [6.07, 6.45) is 2.69. The van der Waals surface area contributed by atoms with Gasteiger partial charge in [-0.05, 0) is 20.2 Å². The topological polar surface area (TPSA) is 58.2 Å². The van der Waals surface area contributed by atoms with E-state index in [2.05, 4.69) is 23.8 Å². The number of aldehydes is 1. The number of rotatable bonds is 5. The van der Waals surface area contributed by atoms with E-state index in [1.807, 2.05) is 14.1 Å². The molecule has 0 aromatic heterocycles. The molecule has 0 fully saturated rings. The molecule has 1 amide bonds. The minimum Gasteiger partial charge on any atom is -0.323 e. The zero-order valence-electron chi connectivity index (χ0n) is 9.55. The van der Waals surface area contributed by atoms with Crippen LogP contribution < -0.4 is 10.6 Å². The van der Waals surface area contributed by atoms with E-state index in [1.165, 1.54) is 12.2 Å². The van der Waals surface area contributed by atoms with Crippen LogP contribution in [0.5, 0.6) is 0 Å². The molecule has 0 aliphatic rings. The van der Waals surface area contributed by atoms with Crippen molar-refractivity contribution in [3.8, 4) is 0 Å². The highest BCUT2D eigenvalue weighted by atomic mass is 19.1. The fourth-order valence-electron chi connectivity index (χ4n) is 0.595. The van der Waals surface area contributed by atoms with Gasteiger partial charge in [-0.3, -0.25) is 4.79 Å². The van der Waals surface area contributed by atoms with Gasteiger partial charge in [0.2, 0.25) is 5.91 Å². The third-order valence-electron chi connectivity index (χ3n) is 1.12. The summed E-state index contributed by atoms with van der Waals surface area (Å²) >= 11 is 0. The molecular formula is C11H17FN2O2. The monoisotopic (exact) mass is 228 g/mol. The maximum Gasteiger partial charge on any atom is 0.231 e. The Kier molecular flexibility index (Phi) is 11.8. The van der Waals surface area contributed by atoms with Crippen LogP contribution in [-0.4, -0.2) is 26.3 Å². The standard InChI is InChI=1S/C9H10FNO2.C2H7N/c1-3-4-8(7(2)10)11-9(13)5-6-12;1-3-2/h3-4,6H,1-2,5H2,(H,11,13);3H,1-2H3/b8-4+;. The zero-order chi connectivity index (χ0) is 13.0. The van der Waals surface area contributed by atoms with Crippen LogP contribution >= 0.6 is 0 Å². The van der Waals surface area contributed by atoms with E-state index in [0.717, 1.165) is 0 Å². The van der Waals surface area contributed by atoms with Crippen molar-refractivity contribution < 1.29 is 14.0 Å². The summed E-state index contributed by atoms with van der Waals surface area (Å²) in [6, 6.07) is 0. The van der Waals surface area contributed by atoms with E-state index in [4.69, 9.17) is 0 Å². The molecule has 5 heteroatoms. The SMILES string of the molecule is C=C/C=C(/NC(=O)CC=O)C(=C)F.CNC. The van der Waals surface area contributed by atoms with Crippen LogP contribution in [0, 0.1) is 0 Å². The van der Waals surface area contributed by atoms with E-state index >= 15 is 0 Å². The summed E-state index contributed by atoms with van der Waals surface area (Å²) in [5, 5.41) is 4.91. The molecule has 0 aromatic rings. The fraction of sp³-hybridized carbons (Fsp3) is 0.273. The lowest BCUT2D eigenvalue weighted by atomic mass is 10.3. The van der Waals surface area contributed by atoms with Crippen LogP contribution in [0.3, 0.4) is 0 Å². The first-order chi connectivity index (χ1) is 7.53. The van der Waals surface area contributed by atoms with Gasteiger partial charge in [0.15, 0.2) is 0 Å². The van der Waals surface area contributed by atoms with Gasteiger partial charge in [0.05, 0.1) is 12.1 Å². The van der Waals surface area contributed by atoms with Crippen molar-refractivity contribution >= 4 is 12.2 Å². The Morgan fingerprint density at radius 1 is 1.44 bits per heavy atom. The molecule has 0 heterocycles. The number of halogens is 1. The lowest BCUT2D eigenvalue weighted by Crippen LogP contribution is -2.22. The molecule has 0 saturated carbocycles. The number of hydrogen-bond acceptors (Lipinski definition) is 3. The highest BCUT2D eigenvalue weighted by Crippen LogP contribution is 2.05. The molecule has 0 bridgehead atoms. The quantitative estimate of drug-likeness (QED) is 0.420. The van der Waals surface area contributed by atoms with Gasteiger partial charge >= 0.3 is 0 Å². The Morgan fingerprint density at radius 3 is 2.25 bits per heavy atom. The summed E-state index contributed by atoms with van der Waals surface area (Å²) in [5.74, 6) is -1.36. The van der Waals surface area contributed by atoms with Crippen molar-refractivity contribution in [3.05, 3.63) is 36.8 Å². The minimum absolute atomic E-state index is 0.0816. The van der Waals surface area contributed by atoms with Gasteiger partial charge in [0.25, 0.3) is 0 Å². The van der Waals surface area contributed by atoms with Crippen molar-refractivity contribution in [2.45, 2.75) is 6.42 Å². The first kappa shape index (κ1) is 16.7. The molecule has 0 saturated heterocycles. The molecule has 2 N–H and O–H groups in total. The summed E-state index contributed by atoms with van der Waals surface area (Å²) in [7, 11) is 3.75. The molecule has 16 heavy (non-hydrogen) atoms. The molecule has 0 aromatic carbocycles. The first-order valence-corrected chi connectivity index (χ1v) is 4.52. The van der Waals surface area contributed by atoms with Gasteiger partial charge in [-0.25, -0.2) is 4.39 Å². The molecular weight excluding hydrogens is 211 g/mol. The number of nitrogens with one attached hydrogen (secondary N) is 2. The Labute approximate surface area is 94.9 Å². The number of carbonyl (C=O) groups is 2. The normalized spacial score (nSPS) is 9.56. The summed E-state index contributed by atoms with van der Waals surface area (Å²) in [4.78, 5) is 20.7. The highest BCUT2D eigenvalue weighted by molar-refractivity contribution is 5.89. The Bertz CT molecular complexity index is 286. The Hall–Kier alpha value is -1.75. The average molecular weight is 228 g/mol. The number of carbonyl (C=O) groups excluding carboxylic acids is 2.